The second-order valence-electron chi connectivity index (χ2n) is 10.0. The molecule has 134 valence electrons. The first-order valence-corrected chi connectivity index (χ1v) is 11.9. The largest absolute Gasteiger partial charge is 0.472 e. The van der Waals surface area contributed by atoms with Gasteiger partial charge in [-0.3, -0.25) is 0 Å². The summed E-state index contributed by atoms with van der Waals surface area (Å²) >= 11 is 0. The first kappa shape index (κ1) is 18.0. The smallest absolute Gasteiger partial charge is 0.192 e. The molecule has 0 amide bonds. The van der Waals surface area contributed by atoms with E-state index in [1.807, 2.05) is 0 Å². The van der Waals surface area contributed by atoms with Gasteiger partial charge in [0, 0.05) is 17.5 Å². The average molecular weight is 349 g/mol. The maximum absolute atomic E-state index is 11.7. The van der Waals surface area contributed by atoms with Crippen LogP contribution in [0.3, 0.4) is 0 Å². The van der Waals surface area contributed by atoms with E-state index in [0.717, 1.165) is 29.5 Å². The lowest BCUT2D eigenvalue weighted by Crippen LogP contribution is -2.58. The summed E-state index contributed by atoms with van der Waals surface area (Å²) in [5.74, 6) is 0. The van der Waals surface area contributed by atoms with Gasteiger partial charge in [0.05, 0.1) is 18.6 Å². The topological polar surface area (TPSA) is 42.6 Å². The van der Waals surface area contributed by atoms with Gasteiger partial charge >= 0.3 is 0 Å². The third-order valence-corrected chi connectivity index (χ3v) is 10.8. The molecule has 0 unspecified atom stereocenters. The third-order valence-electron chi connectivity index (χ3n) is 6.30. The Morgan fingerprint density at radius 1 is 1.21 bits per heavy atom. The van der Waals surface area contributed by atoms with E-state index in [1.165, 1.54) is 0 Å². The van der Waals surface area contributed by atoms with Crippen LogP contribution in [0.5, 0.6) is 0 Å². The van der Waals surface area contributed by atoms with Crippen LogP contribution in [0, 0.1) is 5.41 Å². The molecule has 0 aliphatic heterocycles. The summed E-state index contributed by atoms with van der Waals surface area (Å²) in [6.07, 6.45) is 7.92. The van der Waals surface area contributed by atoms with Crippen molar-refractivity contribution in [2.24, 2.45) is 5.41 Å². The number of aliphatic hydroxyl groups is 1. The van der Waals surface area contributed by atoms with Crippen LogP contribution in [0.2, 0.25) is 18.1 Å². The summed E-state index contributed by atoms with van der Waals surface area (Å²) in [4.78, 5) is 0. The van der Waals surface area contributed by atoms with Crippen LogP contribution < -0.4 is 0 Å². The Balaban J connectivity index is 2.00. The van der Waals surface area contributed by atoms with Gasteiger partial charge in [-0.2, -0.15) is 0 Å². The molecule has 0 radical (unpaired) electrons. The Hall–Kier alpha value is -0.843. The van der Waals surface area contributed by atoms with E-state index >= 15 is 0 Å². The summed E-state index contributed by atoms with van der Waals surface area (Å²) in [6.45, 7) is 15.9. The average Bonchev–Trinajstić information content (AvgIpc) is 2.81. The Morgan fingerprint density at radius 2 is 1.88 bits per heavy atom. The highest BCUT2D eigenvalue weighted by molar-refractivity contribution is 6.74. The van der Waals surface area contributed by atoms with Gasteiger partial charge in [0.1, 0.15) is 5.60 Å². The molecule has 2 aliphatic rings. The van der Waals surface area contributed by atoms with Crippen molar-refractivity contribution in [2.45, 2.75) is 83.7 Å². The van der Waals surface area contributed by atoms with Crippen molar-refractivity contribution in [3.8, 4) is 0 Å². The molecular weight excluding hydrogens is 316 g/mol. The fourth-order valence-corrected chi connectivity index (χ4v) is 5.12. The van der Waals surface area contributed by atoms with Crippen molar-refractivity contribution in [1.82, 2.24) is 0 Å². The molecule has 1 aromatic rings. The van der Waals surface area contributed by atoms with Gasteiger partial charge in [0.2, 0.25) is 0 Å². The van der Waals surface area contributed by atoms with E-state index in [-0.39, 0.29) is 16.6 Å². The van der Waals surface area contributed by atoms with E-state index in [9.17, 15) is 5.11 Å². The van der Waals surface area contributed by atoms with Crippen LogP contribution in [0.1, 0.15) is 58.6 Å². The Morgan fingerprint density at radius 3 is 2.50 bits per heavy atom. The highest BCUT2D eigenvalue weighted by Gasteiger charge is 2.53. The van der Waals surface area contributed by atoms with E-state index < -0.39 is 13.9 Å². The van der Waals surface area contributed by atoms with Crippen LogP contribution in [0.4, 0.5) is 0 Å². The number of furan rings is 1. The number of fused-ring (bicyclic) bond motifs is 2. The lowest BCUT2D eigenvalue weighted by Gasteiger charge is -2.52. The molecule has 24 heavy (non-hydrogen) atoms. The maximum Gasteiger partial charge on any atom is 0.192 e. The van der Waals surface area contributed by atoms with Crippen LogP contribution in [0.15, 0.2) is 22.5 Å². The first-order chi connectivity index (χ1) is 10.8. The van der Waals surface area contributed by atoms with Crippen LogP contribution in [-0.2, 0) is 10.8 Å². The predicted molar refractivity (Wildman–Crippen MR) is 100 cm³/mol. The molecule has 0 bridgehead atoms. The van der Waals surface area contributed by atoms with Gasteiger partial charge in [-0.15, -0.1) is 0 Å². The quantitative estimate of drug-likeness (QED) is 0.751. The van der Waals surface area contributed by atoms with Crippen molar-refractivity contribution in [3.63, 3.8) is 0 Å². The van der Waals surface area contributed by atoms with Crippen LogP contribution in [0.25, 0.3) is 6.08 Å². The molecule has 2 aliphatic carbocycles. The van der Waals surface area contributed by atoms with Crippen LogP contribution >= 0.6 is 0 Å². The number of rotatable bonds is 2. The zero-order chi connectivity index (χ0) is 18.0. The van der Waals surface area contributed by atoms with E-state index in [1.54, 1.807) is 12.5 Å². The molecule has 0 spiro atoms. The zero-order valence-electron chi connectivity index (χ0n) is 16.2. The standard InChI is InChI=1S/C20H32O3Si/c1-18(2,3)24(6,7)23-17-11-19(4,5)10-16-8-14-12-22-13-15(14)9-20(16,17)21/h8,12-13,17,21H,9-11H2,1-7H3/t17-,20+/m1/s1. The van der Waals surface area contributed by atoms with Crippen molar-refractivity contribution < 1.29 is 13.9 Å². The molecule has 1 fully saturated rings. The van der Waals surface area contributed by atoms with Gasteiger partial charge in [-0.1, -0.05) is 34.6 Å². The van der Waals surface area contributed by atoms with Crippen molar-refractivity contribution >= 4 is 14.4 Å². The SMILES string of the molecule is CC1(C)CC2=Cc3cocc3C[C@@]2(O)[C@H](O[Si](C)(C)C(C)(C)C)C1. The highest BCUT2D eigenvalue weighted by atomic mass is 28.4. The summed E-state index contributed by atoms with van der Waals surface area (Å²) in [5.41, 5.74) is 2.54. The molecule has 4 heteroatoms. The van der Waals surface area contributed by atoms with Crippen molar-refractivity contribution in [1.29, 1.82) is 0 Å². The lowest BCUT2D eigenvalue weighted by atomic mass is 9.63. The fourth-order valence-electron chi connectivity index (χ4n) is 3.77. The minimum Gasteiger partial charge on any atom is -0.472 e. The summed E-state index contributed by atoms with van der Waals surface area (Å²) in [5, 5.41) is 11.8. The van der Waals surface area contributed by atoms with Gasteiger partial charge in [-0.25, -0.2) is 0 Å². The van der Waals surface area contributed by atoms with E-state index in [2.05, 4.69) is 53.8 Å². The lowest BCUT2D eigenvalue weighted by molar-refractivity contribution is -0.0810. The fraction of sp³-hybridized carbons (Fsp3) is 0.700. The second kappa shape index (κ2) is 5.32. The second-order valence-corrected chi connectivity index (χ2v) is 14.8. The Kier molecular flexibility index (Phi) is 3.99. The Bertz CT molecular complexity index is 663. The summed E-state index contributed by atoms with van der Waals surface area (Å²) in [7, 11) is -1.96. The number of hydrogen-bond donors (Lipinski definition) is 1. The zero-order valence-corrected chi connectivity index (χ0v) is 17.2. The third kappa shape index (κ3) is 2.93. The maximum atomic E-state index is 11.7. The molecule has 1 heterocycles. The Labute approximate surface area is 147 Å². The molecule has 1 aromatic heterocycles. The highest BCUT2D eigenvalue weighted by Crippen LogP contribution is 2.51. The molecule has 3 rings (SSSR count). The van der Waals surface area contributed by atoms with E-state index in [0.29, 0.717) is 6.42 Å². The molecule has 0 aromatic carbocycles. The van der Waals surface area contributed by atoms with Gasteiger partial charge in [-0.05, 0) is 48.0 Å². The summed E-state index contributed by atoms with van der Waals surface area (Å²) < 4.78 is 12.1. The molecular formula is C20H32O3Si. The minimum absolute atomic E-state index is 0.129. The molecule has 1 saturated carbocycles. The van der Waals surface area contributed by atoms with Gasteiger partial charge < -0.3 is 13.9 Å². The monoisotopic (exact) mass is 348 g/mol. The summed E-state index contributed by atoms with van der Waals surface area (Å²) in [6, 6.07) is 0. The van der Waals surface area contributed by atoms with Crippen LogP contribution in [-0.4, -0.2) is 25.1 Å². The number of hydrogen-bond acceptors (Lipinski definition) is 3. The molecule has 2 atom stereocenters. The van der Waals surface area contributed by atoms with E-state index in [4.69, 9.17) is 8.84 Å². The van der Waals surface area contributed by atoms with Gasteiger partial charge in [0.15, 0.2) is 8.32 Å². The minimum atomic E-state index is -1.96. The van der Waals surface area contributed by atoms with Crippen molar-refractivity contribution in [2.75, 3.05) is 0 Å². The molecule has 1 N–H and O–H groups in total. The molecule has 3 nitrogen and oxygen atoms in total. The van der Waals surface area contributed by atoms with Gasteiger partial charge in [0.25, 0.3) is 0 Å². The normalized spacial score (nSPS) is 29.7. The molecule has 0 saturated heterocycles. The first-order valence-electron chi connectivity index (χ1n) is 9.00. The van der Waals surface area contributed by atoms with Crippen molar-refractivity contribution in [3.05, 3.63) is 29.2 Å². The predicted octanol–water partition coefficient (Wildman–Crippen LogP) is 5.16.